The lowest BCUT2D eigenvalue weighted by Crippen LogP contribution is -2.41. The molecule has 0 fully saturated rings. The van der Waals surface area contributed by atoms with E-state index in [1.54, 1.807) is 0 Å². The van der Waals surface area contributed by atoms with Gasteiger partial charge >= 0.3 is 18.0 Å². The van der Waals surface area contributed by atoms with E-state index in [4.69, 9.17) is 24.1 Å². The molecular weight excluding hydrogens is 876 g/mol. The van der Waals surface area contributed by atoms with Crippen molar-refractivity contribution < 1.29 is 71.9 Å². The Hall–Kier alpha value is -3.96. The number of hydrogen-bond acceptors (Lipinski definition) is 14. The van der Waals surface area contributed by atoms with Crippen molar-refractivity contribution in [2.45, 2.75) is 128 Å². The zero-order valence-electron chi connectivity index (χ0n) is 38.4. The Morgan fingerprint density at radius 1 is 0.492 bits per heavy atom. The van der Waals surface area contributed by atoms with Gasteiger partial charge < -0.3 is 61.1 Å². The molecule has 0 unspecified atom stereocenters. The number of ether oxygens (including phenoxy) is 4. The number of aliphatic carboxylic acids is 2. The molecule has 0 aromatic heterocycles. The van der Waals surface area contributed by atoms with Crippen molar-refractivity contribution >= 4 is 59.3 Å². The fourth-order valence-corrected chi connectivity index (χ4v) is 6.89. The SMILES string of the molecule is CN[C@@H](CSCC(=O)NCCNC(=O)COCCOCCNC(=O)COCCOCCNC(=O)CC[C@H](NC(=O)CCCCCCCCCCCCCCCCC(=O)O)C(=O)O)C(=O)F. The molecule has 0 rings (SSSR count). The van der Waals surface area contributed by atoms with Crippen molar-refractivity contribution in [2.24, 2.45) is 0 Å². The summed E-state index contributed by atoms with van der Waals surface area (Å²) in [5.74, 6) is -3.49. The monoisotopic (exact) mass is 953 g/mol. The number of amides is 5. The van der Waals surface area contributed by atoms with Crippen LogP contribution in [-0.4, -0.2) is 167 Å². The Labute approximate surface area is 387 Å². The minimum Gasteiger partial charge on any atom is -0.481 e. The molecule has 0 radical (unpaired) electrons. The first-order chi connectivity index (χ1) is 31.3. The Morgan fingerprint density at radius 2 is 0.923 bits per heavy atom. The summed E-state index contributed by atoms with van der Waals surface area (Å²) in [5.41, 5.74) is 0. The van der Waals surface area contributed by atoms with Crippen LogP contribution in [0.2, 0.25) is 0 Å². The molecule has 20 nitrogen and oxygen atoms in total. The maximum atomic E-state index is 12.7. The van der Waals surface area contributed by atoms with Crippen LogP contribution in [0.3, 0.4) is 0 Å². The van der Waals surface area contributed by atoms with Gasteiger partial charge in [0.2, 0.25) is 29.5 Å². The topological polar surface area (TPSA) is 286 Å². The van der Waals surface area contributed by atoms with Crippen molar-refractivity contribution in [1.29, 1.82) is 0 Å². The van der Waals surface area contributed by atoms with Crippen LogP contribution in [0, 0.1) is 0 Å². The fourth-order valence-electron chi connectivity index (χ4n) is 5.95. The number of carbonyl (C=O) groups excluding carboxylic acids is 6. The summed E-state index contributed by atoms with van der Waals surface area (Å²) < 4.78 is 33.9. The first-order valence-electron chi connectivity index (χ1n) is 22.9. The first kappa shape index (κ1) is 61.0. The average Bonchev–Trinajstić information content (AvgIpc) is 3.26. The second-order valence-electron chi connectivity index (χ2n) is 15.2. The minimum atomic E-state index is -1.49. The molecule has 0 aliphatic carbocycles. The predicted octanol–water partition coefficient (Wildman–Crippen LogP) is 2.01. The highest BCUT2D eigenvalue weighted by Crippen LogP contribution is 2.14. The summed E-state index contributed by atoms with van der Waals surface area (Å²) in [6, 6.07) is -3.60. The molecular formula is C43H77FN6O14S. The summed E-state index contributed by atoms with van der Waals surface area (Å²) in [6.45, 7) is 1.48. The predicted molar refractivity (Wildman–Crippen MR) is 242 cm³/mol. The first-order valence-corrected chi connectivity index (χ1v) is 24.1. The highest BCUT2D eigenvalue weighted by molar-refractivity contribution is 8.00. The van der Waals surface area contributed by atoms with Crippen molar-refractivity contribution in [2.75, 3.05) is 97.6 Å². The third-order valence-corrected chi connectivity index (χ3v) is 10.6. The molecule has 0 saturated heterocycles. The largest absolute Gasteiger partial charge is 0.481 e. The van der Waals surface area contributed by atoms with Gasteiger partial charge in [-0.3, -0.25) is 33.6 Å². The van der Waals surface area contributed by atoms with E-state index in [2.05, 4.69) is 31.9 Å². The van der Waals surface area contributed by atoms with Crippen molar-refractivity contribution in [3.8, 4) is 0 Å². The lowest BCUT2D eigenvalue weighted by atomic mass is 10.0. The number of rotatable bonds is 47. The molecule has 0 saturated carbocycles. The van der Waals surface area contributed by atoms with E-state index in [0.29, 0.717) is 6.42 Å². The minimum absolute atomic E-state index is 0.0398. The molecule has 8 N–H and O–H groups in total. The maximum absolute atomic E-state index is 12.7. The van der Waals surface area contributed by atoms with Crippen LogP contribution in [-0.2, 0) is 57.3 Å². The smallest absolute Gasteiger partial charge is 0.326 e. The molecule has 0 aromatic carbocycles. The zero-order chi connectivity index (χ0) is 48.2. The Balaban J connectivity index is 3.66. The number of carboxylic acids is 2. The van der Waals surface area contributed by atoms with Gasteiger partial charge in [0.1, 0.15) is 25.3 Å². The molecule has 0 aliphatic heterocycles. The summed E-state index contributed by atoms with van der Waals surface area (Å²) >= 11 is 1.11. The van der Waals surface area contributed by atoms with E-state index in [0.717, 1.165) is 56.7 Å². The number of thioether (sulfide) groups is 1. The van der Waals surface area contributed by atoms with Crippen molar-refractivity contribution in [3.63, 3.8) is 0 Å². The van der Waals surface area contributed by atoms with Gasteiger partial charge in [0, 0.05) is 51.2 Å². The molecule has 0 aromatic rings. The van der Waals surface area contributed by atoms with Gasteiger partial charge in [-0.15, -0.1) is 11.8 Å². The molecule has 0 bridgehead atoms. The molecule has 2 atom stereocenters. The van der Waals surface area contributed by atoms with Crippen LogP contribution in [0.15, 0.2) is 0 Å². The summed E-state index contributed by atoms with van der Waals surface area (Å²) in [7, 11) is 1.45. The Bertz CT molecular complexity index is 1340. The fraction of sp³-hybridized carbons (Fsp3) is 0.814. The number of unbranched alkanes of at least 4 members (excludes halogenated alkanes) is 13. The molecule has 22 heteroatoms. The van der Waals surface area contributed by atoms with Crippen LogP contribution in [0.25, 0.3) is 0 Å². The second kappa shape index (κ2) is 43.9. The normalized spacial score (nSPS) is 11.9. The van der Waals surface area contributed by atoms with Gasteiger partial charge in [-0.25, -0.2) is 4.79 Å². The van der Waals surface area contributed by atoms with Gasteiger partial charge in [0.15, 0.2) is 0 Å². The standard InChI is InChI=1S/C43H77FN6O14S/c1-45-35(42(44)58)32-65-33-40(55)47-21-20-46-38(53)30-63-28-27-62-25-23-49-39(54)31-64-29-26-61-24-22-48-36(51)19-18-34(43(59)60)50-37(52)16-14-12-10-8-6-4-2-3-5-7-9-11-13-15-17-41(56)57/h34-35,45H,2-33H2,1H3,(H,46,53)(H,47,55)(H,48,51)(H,49,54)(H,50,52)(H,56,57)(H,59,60)/t34-,35-/m0/s1. The second-order valence-corrected chi connectivity index (χ2v) is 16.3. The third-order valence-electron chi connectivity index (χ3n) is 9.59. The van der Waals surface area contributed by atoms with E-state index in [1.807, 2.05) is 0 Å². The van der Waals surface area contributed by atoms with Crippen LogP contribution >= 0.6 is 11.8 Å². The lowest BCUT2D eigenvalue weighted by Gasteiger charge is -2.14. The lowest BCUT2D eigenvalue weighted by molar-refractivity contribution is -0.142. The maximum Gasteiger partial charge on any atom is 0.326 e. The quantitative estimate of drug-likeness (QED) is 0.0320. The number of likely N-dealkylation sites (N-methyl/N-ethyl adjacent to an activating group) is 1. The molecule has 5 amide bonds. The van der Waals surface area contributed by atoms with Crippen LogP contribution in [0.5, 0.6) is 0 Å². The van der Waals surface area contributed by atoms with Crippen LogP contribution in [0.1, 0.15) is 116 Å². The van der Waals surface area contributed by atoms with E-state index < -0.39 is 30.1 Å². The highest BCUT2D eigenvalue weighted by Gasteiger charge is 2.21. The Morgan fingerprint density at radius 3 is 1.38 bits per heavy atom. The van der Waals surface area contributed by atoms with Gasteiger partial charge in [0.25, 0.3) is 0 Å². The number of hydrogen-bond donors (Lipinski definition) is 8. The highest BCUT2D eigenvalue weighted by atomic mass is 32.2. The van der Waals surface area contributed by atoms with Crippen LogP contribution in [0.4, 0.5) is 4.39 Å². The molecule has 0 aliphatic rings. The molecule has 376 valence electrons. The van der Waals surface area contributed by atoms with Gasteiger partial charge in [-0.2, -0.15) is 4.39 Å². The average molecular weight is 953 g/mol. The van der Waals surface area contributed by atoms with Crippen LogP contribution < -0.4 is 31.9 Å². The number of carbonyl (C=O) groups is 8. The summed E-state index contributed by atoms with van der Waals surface area (Å²) in [6.07, 6.45) is 15.3. The van der Waals surface area contributed by atoms with Crippen molar-refractivity contribution in [1.82, 2.24) is 31.9 Å². The van der Waals surface area contributed by atoms with E-state index in [9.17, 15) is 47.9 Å². The molecule has 65 heavy (non-hydrogen) atoms. The van der Waals surface area contributed by atoms with E-state index >= 15 is 0 Å². The Kier molecular flexibility index (Phi) is 41.2. The number of nitrogens with one attached hydrogen (secondary N) is 6. The number of carboxylic acid groups (broad SMARTS) is 2. The van der Waals surface area contributed by atoms with Gasteiger partial charge in [0.05, 0.1) is 45.4 Å². The summed E-state index contributed by atoms with van der Waals surface area (Å²) in [5, 5.41) is 33.7. The summed E-state index contributed by atoms with van der Waals surface area (Å²) in [4.78, 5) is 92.9. The van der Waals surface area contributed by atoms with E-state index in [1.165, 1.54) is 45.6 Å². The van der Waals surface area contributed by atoms with Gasteiger partial charge in [-0.1, -0.05) is 77.0 Å². The zero-order valence-corrected chi connectivity index (χ0v) is 39.2. The molecule has 0 heterocycles. The van der Waals surface area contributed by atoms with E-state index in [-0.39, 0.29) is 146 Å². The molecule has 0 spiro atoms. The van der Waals surface area contributed by atoms with Crippen molar-refractivity contribution in [3.05, 3.63) is 0 Å². The number of halogens is 1. The third kappa shape index (κ3) is 42.4. The van der Waals surface area contributed by atoms with Gasteiger partial charge in [-0.05, 0) is 26.3 Å².